The number of rotatable bonds is 5. The number of ether oxygens (including phenoxy) is 1. The van der Waals surface area contributed by atoms with Gasteiger partial charge >= 0.3 is 0 Å². The molecule has 0 N–H and O–H groups in total. The third kappa shape index (κ3) is 4.68. The zero-order valence-electron chi connectivity index (χ0n) is 11.4. The molecule has 19 heavy (non-hydrogen) atoms. The maximum Gasteiger partial charge on any atom is 0.120 e. The Morgan fingerprint density at radius 1 is 1.37 bits per heavy atom. The normalized spacial score (nSPS) is 27.2. The van der Waals surface area contributed by atoms with Crippen LogP contribution in [0.3, 0.4) is 0 Å². The maximum absolute atomic E-state index is 6.45. The molecular formula is C16H22BrClO. The smallest absolute Gasteiger partial charge is 0.120 e. The van der Waals surface area contributed by atoms with Gasteiger partial charge in [-0.05, 0) is 55.7 Å². The van der Waals surface area contributed by atoms with Crippen molar-refractivity contribution in [3.05, 3.63) is 28.7 Å². The van der Waals surface area contributed by atoms with Crippen molar-refractivity contribution >= 4 is 27.5 Å². The minimum absolute atomic E-state index is 0.342. The fourth-order valence-corrected chi connectivity index (χ4v) is 3.61. The fourth-order valence-electron chi connectivity index (χ4n) is 2.88. The van der Waals surface area contributed by atoms with E-state index in [2.05, 4.69) is 22.9 Å². The predicted octanol–water partition coefficient (Wildman–Crippen LogP) is 5.65. The summed E-state index contributed by atoms with van der Waals surface area (Å²) in [5.74, 6) is 2.42. The molecule has 3 unspecified atom stereocenters. The van der Waals surface area contributed by atoms with E-state index < -0.39 is 0 Å². The Balaban J connectivity index is 1.78. The van der Waals surface area contributed by atoms with E-state index >= 15 is 0 Å². The van der Waals surface area contributed by atoms with Crippen LogP contribution in [-0.2, 0) is 0 Å². The van der Waals surface area contributed by atoms with E-state index in [1.54, 1.807) is 0 Å². The Bertz CT molecular complexity index is 396. The van der Waals surface area contributed by atoms with E-state index in [4.69, 9.17) is 16.3 Å². The number of hydrogen-bond donors (Lipinski definition) is 0. The van der Waals surface area contributed by atoms with Crippen LogP contribution in [0.25, 0.3) is 0 Å². The molecule has 2 rings (SSSR count). The van der Waals surface area contributed by atoms with Gasteiger partial charge in [-0.3, -0.25) is 0 Å². The maximum atomic E-state index is 6.45. The second-order valence-electron chi connectivity index (χ2n) is 5.46. The van der Waals surface area contributed by atoms with Crippen LogP contribution in [0, 0.1) is 11.8 Å². The SMILES string of the molecule is CCC1CCC(Cl)C(CCOc2cccc(Br)c2)C1. The molecule has 1 aromatic rings. The van der Waals surface area contributed by atoms with Gasteiger partial charge < -0.3 is 4.74 Å². The topological polar surface area (TPSA) is 9.23 Å². The van der Waals surface area contributed by atoms with Gasteiger partial charge in [-0.1, -0.05) is 35.3 Å². The number of benzene rings is 1. The van der Waals surface area contributed by atoms with Gasteiger partial charge in [0, 0.05) is 9.85 Å². The molecule has 0 amide bonds. The van der Waals surface area contributed by atoms with Gasteiger partial charge in [-0.25, -0.2) is 0 Å². The van der Waals surface area contributed by atoms with Crippen molar-refractivity contribution < 1.29 is 4.74 Å². The summed E-state index contributed by atoms with van der Waals surface area (Å²) in [4.78, 5) is 0. The molecule has 1 fully saturated rings. The summed E-state index contributed by atoms with van der Waals surface area (Å²) in [6, 6.07) is 8.01. The van der Waals surface area contributed by atoms with E-state index in [1.807, 2.05) is 24.3 Å². The van der Waals surface area contributed by atoms with Crippen molar-refractivity contribution in [1.29, 1.82) is 0 Å². The first kappa shape index (κ1) is 15.2. The standard InChI is InChI=1S/C16H22BrClO/c1-2-12-6-7-16(18)13(10-12)8-9-19-15-5-3-4-14(17)11-15/h3-5,11-13,16H,2,6-10H2,1H3. The molecule has 1 aliphatic carbocycles. The van der Waals surface area contributed by atoms with Crippen LogP contribution in [0.5, 0.6) is 5.75 Å². The first-order chi connectivity index (χ1) is 9.19. The van der Waals surface area contributed by atoms with Crippen LogP contribution >= 0.6 is 27.5 Å². The molecule has 0 radical (unpaired) electrons. The van der Waals surface area contributed by atoms with Gasteiger partial charge in [0.2, 0.25) is 0 Å². The second-order valence-corrected chi connectivity index (χ2v) is 6.93. The highest BCUT2D eigenvalue weighted by atomic mass is 79.9. The van der Waals surface area contributed by atoms with E-state index in [0.717, 1.165) is 29.2 Å². The minimum atomic E-state index is 0.342. The molecule has 1 nitrogen and oxygen atoms in total. The van der Waals surface area contributed by atoms with Crippen molar-refractivity contribution in [3.63, 3.8) is 0 Å². The average Bonchev–Trinajstić information content (AvgIpc) is 2.41. The summed E-state index contributed by atoms with van der Waals surface area (Å²) in [6.07, 6.45) is 6.09. The lowest BCUT2D eigenvalue weighted by molar-refractivity contribution is 0.211. The summed E-state index contributed by atoms with van der Waals surface area (Å²) >= 11 is 9.91. The molecular weight excluding hydrogens is 324 g/mol. The van der Waals surface area contributed by atoms with E-state index in [-0.39, 0.29) is 0 Å². The Labute approximate surface area is 129 Å². The molecule has 0 heterocycles. The molecule has 106 valence electrons. The van der Waals surface area contributed by atoms with E-state index in [9.17, 15) is 0 Å². The summed E-state index contributed by atoms with van der Waals surface area (Å²) in [5, 5.41) is 0.342. The molecule has 0 bridgehead atoms. The highest BCUT2D eigenvalue weighted by Crippen LogP contribution is 2.36. The fraction of sp³-hybridized carbons (Fsp3) is 0.625. The summed E-state index contributed by atoms with van der Waals surface area (Å²) in [6.45, 7) is 3.05. The van der Waals surface area contributed by atoms with Gasteiger partial charge in [0.15, 0.2) is 0 Å². The molecule has 1 aromatic carbocycles. The van der Waals surface area contributed by atoms with Crippen LogP contribution in [0.1, 0.15) is 39.0 Å². The van der Waals surface area contributed by atoms with Crippen LogP contribution in [0.2, 0.25) is 0 Å². The van der Waals surface area contributed by atoms with Gasteiger partial charge in [0.05, 0.1) is 6.61 Å². The third-order valence-corrected chi connectivity index (χ3v) is 5.20. The monoisotopic (exact) mass is 344 g/mol. The van der Waals surface area contributed by atoms with Crippen molar-refractivity contribution in [3.8, 4) is 5.75 Å². The first-order valence-electron chi connectivity index (χ1n) is 7.21. The highest BCUT2D eigenvalue weighted by Gasteiger charge is 2.28. The Kier molecular flexibility index (Phi) is 6.03. The van der Waals surface area contributed by atoms with Crippen molar-refractivity contribution in [2.75, 3.05) is 6.61 Å². The van der Waals surface area contributed by atoms with Gasteiger partial charge in [0.25, 0.3) is 0 Å². The Morgan fingerprint density at radius 2 is 2.21 bits per heavy atom. The third-order valence-electron chi connectivity index (χ3n) is 4.13. The average molecular weight is 346 g/mol. The lowest BCUT2D eigenvalue weighted by Crippen LogP contribution is -2.26. The summed E-state index contributed by atoms with van der Waals surface area (Å²) in [5.41, 5.74) is 0. The molecule has 1 aliphatic rings. The number of alkyl halides is 1. The van der Waals surface area contributed by atoms with Gasteiger partial charge in [-0.15, -0.1) is 11.6 Å². The number of hydrogen-bond acceptors (Lipinski definition) is 1. The molecule has 0 aromatic heterocycles. The lowest BCUT2D eigenvalue weighted by atomic mass is 9.78. The molecule has 1 saturated carbocycles. The summed E-state index contributed by atoms with van der Waals surface area (Å²) < 4.78 is 6.88. The molecule has 3 heteroatoms. The Hall–Kier alpha value is -0.210. The van der Waals surface area contributed by atoms with Gasteiger partial charge in [0.1, 0.15) is 5.75 Å². The zero-order chi connectivity index (χ0) is 13.7. The minimum Gasteiger partial charge on any atom is -0.494 e. The quantitative estimate of drug-likeness (QED) is 0.626. The first-order valence-corrected chi connectivity index (χ1v) is 8.44. The predicted molar refractivity (Wildman–Crippen MR) is 85.0 cm³/mol. The Morgan fingerprint density at radius 3 is 2.95 bits per heavy atom. The van der Waals surface area contributed by atoms with Crippen LogP contribution in [-0.4, -0.2) is 12.0 Å². The lowest BCUT2D eigenvalue weighted by Gasteiger charge is -2.32. The van der Waals surface area contributed by atoms with Crippen molar-refractivity contribution in [2.24, 2.45) is 11.8 Å². The van der Waals surface area contributed by atoms with Crippen LogP contribution in [0.4, 0.5) is 0 Å². The second kappa shape index (κ2) is 7.54. The van der Waals surface area contributed by atoms with Gasteiger partial charge in [-0.2, -0.15) is 0 Å². The van der Waals surface area contributed by atoms with E-state index in [0.29, 0.717) is 11.3 Å². The largest absolute Gasteiger partial charge is 0.494 e. The molecule has 0 spiro atoms. The number of halogens is 2. The molecule has 3 atom stereocenters. The van der Waals surface area contributed by atoms with Crippen molar-refractivity contribution in [1.82, 2.24) is 0 Å². The van der Waals surface area contributed by atoms with Crippen LogP contribution in [0.15, 0.2) is 28.7 Å². The molecule has 0 aliphatic heterocycles. The van der Waals surface area contributed by atoms with E-state index in [1.165, 1.54) is 25.7 Å². The zero-order valence-corrected chi connectivity index (χ0v) is 13.8. The summed E-state index contributed by atoms with van der Waals surface area (Å²) in [7, 11) is 0. The van der Waals surface area contributed by atoms with Crippen LogP contribution < -0.4 is 4.74 Å². The highest BCUT2D eigenvalue weighted by molar-refractivity contribution is 9.10. The molecule has 0 saturated heterocycles. The van der Waals surface area contributed by atoms with Crippen molar-refractivity contribution in [2.45, 2.75) is 44.4 Å².